The average Bonchev–Trinajstić information content (AvgIpc) is 2.68. The molecule has 3 aromatic rings. The number of aromatic nitrogens is 2. The predicted octanol–water partition coefficient (Wildman–Crippen LogP) is 4.76. The maximum atomic E-state index is 7.38. The zero-order chi connectivity index (χ0) is 19.2. The predicted molar refractivity (Wildman–Crippen MR) is 111 cm³/mol. The Morgan fingerprint density at radius 1 is 1.22 bits per heavy atom. The highest BCUT2D eigenvalue weighted by molar-refractivity contribution is 6.28. The number of rotatable bonds is 7. The van der Waals surface area contributed by atoms with E-state index in [0.717, 1.165) is 34.3 Å². The highest BCUT2D eigenvalue weighted by atomic mass is 35.5. The molecule has 0 saturated heterocycles. The van der Waals surface area contributed by atoms with E-state index < -0.39 is 0 Å². The Labute approximate surface area is 162 Å². The fourth-order valence-electron chi connectivity index (χ4n) is 2.59. The van der Waals surface area contributed by atoms with Gasteiger partial charge >= 0.3 is 0 Å². The standard InChI is InChI=1S/C20H20ClN5O/c1-2-9-27-16-7-8-18-17(10-16)19(26-20(21)25-18)24-15-5-3-13(4-6-15)14(11-22)12-23/h3-8,10-12,22H,2,9,23H2,1H3,(H,24,25,26)/b14-12+,22-11?. The van der Waals surface area contributed by atoms with Crippen molar-refractivity contribution in [3.63, 3.8) is 0 Å². The molecule has 0 fully saturated rings. The summed E-state index contributed by atoms with van der Waals surface area (Å²) in [6.07, 6.45) is 3.56. The molecule has 27 heavy (non-hydrogen) atoms. The molecular weight excluding hydrogens is 362 g/mol. The van der Waals surface area contributed by atoms with Crippen LogP contribution in [0.25, 0.3) is 16.5 Å². The lowest BCUT2D eigenvalue weighted by atomic mass is 10.1. The molecule has 3 rings (SSSR count). The summed E-state index contributed by atoms with van der Waals surface area (Å²) in [4.78, 5) is 8.60. The van der Waals surface area contributed by atoms with Crippen LogP contribution in [0, 0.1) is 5.41 Å². The third-order valence-corrected chi connectivity index (χ3v) is 4.10. The molecule has 0 aliphatic carbocycles. The fraction of sp³-hybridized carbons (Fsp3) is 0.150. The fourth-order valence-corrected chi connectivity index (χ4v) is 2.77. The Kier molecular flexibility index (Phi) is 5.88. The monoisotopic (exact) mass is 381 g/mol. The van der Waals surface area contributed by atoms with Crippen molar-refractivity contribution in [3.05, 3.63) is 59.5 Å². The molecule has 6 nitrogen and oxygen atoms in total. The van der Waals surface area contributed by atoms with Gasteiger partial charge in [0.1, 0.15) is 11.6 Å². The molecule has 0 saturated carbocycles. The first-order chi connectivity index (χ1) is 13.1. The van der Waals surface area contributed by atoms with E-state index in [4.69, 9.17) is 27.5 Å². The Morgan fingerprint density at radius 3 is 2.67 bits per heavy atom. The number of nitrogens with one attached hydrogen (secondary N) is 2. The minimum Gasteiger partial charge on any atom is -0.494 e. The molecule has 0 bridgehead atoms. The minimum absolute atomic E-state index is 0.168. The Hall–Kier alpha value is -3.12. The molecule has 0 atom stereocenters. The molecule has 1 aromatic heterocycles. The van der Waals surface area contributed by atoms with Crippen LogP contribution in [0.2, 0.25) is 5.28 Å². The molecule has 4 N–H and O–H groups in total. The van der Waals surface area contributed by atoms with Crippen molar-refractivity contribution in [2.45, 2.75) is 13.3 Å². The number of nitrogens with two attached hydrogens (primary N) is 1. The lowest BCUT2D eigenvalue weighted by molar-refractivity contribution is 0.318. The van der Waals surface area contributed by atoms with E-state index in [1.165, 1.54) is 12.4 Å². The highest BCUT2D eigenvalue weighted by Crippen LogP contribution is 2.29. The molecule has 0 unspecified atom stereocenters. The van der Waals surface area contributed by atoms with E-state index in [9.17, 15) is 0 Å². The summed E-state index contributed by atoms with van der Waals surface area (Å²) in [5, 5.41) is 11.6. The van der Waals surface area contributed by atoms with E-state index in [1.54, 1.807) is 0 Å². The van der Waals surface area contributed by atoms with E-state index in [-0.39, 0.29) is 5.28 Å². The minimum atomic E-state index is 0.168. The van der Waals surface area contributed by atoms with Crippen LogP contribution >= 0.6 is 11.6 Å². The third kappa shape index (κ3) is 4.35. The van der Waals surface area contributed by atoms with Crippen molar-refractivity contribution >= 4 is 45.8 Å². The second kappa shape index (κ2) is 8.51. The number of benzene rings is 2. The van der Waals surface area contributed by atoms with Gasteiger partial charge in [-0.15, -0.1) is 0 Å². The SMILES string of the molecule is CCCOc1ccc2nc(Cl)nc(Nc3ccc(/C(C=N)=C/N)cc3)c2c1. The van der Waals surface area contributed by atoms with Crippen LogP contribution in [0.1, 0.15) is 18.9 Å². The maximum absolute atomic E-state index is 7.38. The summed E-state index contributed by atoms with van der Waals surface area (Å²) in [6, 6.07) is 13.2. The Bertz CT molecular complexity index is 986. The van der Waals surface area contributed by atoms with E-state index in [0.29, 0.717) is 18.0 Å². The van der Waals surface area contributed by atoms with Gasteiger partial charge in [-0.25, -0.2) is 4.98 Å². The highest BCUT2D eigenvalue weighted by Gasteiger charge is 2.09. The summed E-state index contributed by atoms with van der Waals surface area (Å²) in [5.74, 6) is 1.36. The van der Waals surface area contributed by atoms with Gasteiger partial charge in [-0.05, 0) is 53.9 Å². The van der Waals surface area contributed by atoms with Crippen molar-refractivity contribution in [1.82, 2.24) is 9.97 Å². The van der Waals surface area contributed by atoms with Crippen LogP contribution < -0.4 is 15.8 Å². The van der Waals surface area contributed by atoms with Gasteiger partial charge in [0.25, 0.3) is 0 Å². The summed E-state index contributed by atoms with van der Waals surface area (Å²) >= 11 is 6.08. The Morgan fingerprint density at radius 2 is 2.00 bits per heavy atom. The van der Waals surface area contributed by atoms with E-state index in [2.05, 4.69) is 22.2 Å². The third-order valence-electron chi connectivity index (χ3n) is 3.93. The van der Waals surface area contributed by atoms with Gasteiger partial charge in [-0.3, -0.25) is 0 Å². The first-order valence-electron chi connectivity index (χ1n) is 8.54. The first-order valence-corrected chi connectivity index (χ1v) is 8.92. The number of ether oxygens (including phenoxy) is 1. The van der Waals surface area contributed by atoms with Crippen molar-refractivity contribution in [3.8, 4) is 5.75 Å². The molecule has 7 heteroatoms. The van der Waals surface area contributed by atoms with Crippen LogP contribution in [0.3, 0.4) is 0 Å². The second-order valence-electron chi connectivity index (χ2n) is 5.84. The van der Waals surface area contributed by atoms with Gasteiger partial charge in [-0.2, -0.15) is 4.98 Å². The van der Waals surface area contributed by atoms with E-state index >= 15 is 0 Å². The molecular formula is C20H20ClN5O. The zero-order valence-corrected chi connectivity index (χ0v) is 15.6. The number of hydrogen-bond donors (Lipinski definition) is 3. The number of hydrogen-bond acceptors (Lipinski definition) is 6. The zero-order valence-electron chi connectivity index (χ0n) is 14.9. The van der Waals surface area contributed by atoms with Crippen LogP contribution in [-0.4, -0.2) is 22.8 Å². The normalized spacial score (nSPS) is 11.4. The number of halogens is 1. The lowest BCUT2D eigenvalue weighted by Crippen LogP contribution is -1.99. The number of anilines is 2. The molecule has 1 heterocycles. The summed E-state index contributed by atoms with van der Waals surface area (Å²) < 4.78 is 5.71. The Balaban J connectivity index is 1.94. The van der Waals surface area contributed by atoms with Gasteiger partial charge in [0.2, 0.25) is 5.28 Å². The van der Waals surface area contributed by atoms with Gasteiger partial charge in [0.15, 0.2) is 0 Å². The maximum Gasteiger partial charge on any atom is 0.224 e. The van der Waals surface area contributed by atoms with Crippen LogP contribution in [0.15, 0.2) is 48.7 Å². The van der Waals surface area contributed by atoms with Gasteiger partial charge in [0, 0.05) is 29.1 Å². The van der Waals surface area contributed by atoms with Gasteiger partial charge < -0.3 is 21.2 Å². The van der Waals surface area contributed by atoms with Crippen LogP contribution in [-0.2, 0) is 0 Å². The molecule has 2 aromatic carbocycles. The van der Waals surface area contributed by atoms with Gasteiger partial charge in [-0.1, -0.05) is 19.1 Å². The summed E-state index contributed by atoms with van der Waals surface area (Å²) in [5.41, 5.74) is 8.60. The molecule has 0 spiro atoms. The summed E-state index contributed by atoms with van der Waals surface area (Å²) in [6.45, 7) is 2.71. The van der Waals surface area contributed by atoms with Crippen molar-refractivity contribution in [1.29, 1.82) is 5.41 Å². The average molecular weight is 382 g/mol. The number of fused-ring (bicyclic) bond motifs is 1. The largest absolute Gasteiger partial charge is 0.494 e. The molecule has 0 radical (unpaired) electrons. The van der Waals surface area contributed by atoms with Crippen LogP contribution in [0.5, 0.6) is 5.75 Å². The molecule has 0 amide bonds. The first kappa shape index (κ1) is 18.7. The van der Waals surface area contributed by atoms with Crippen molar-refractivity contribution < 1.29 is 4.74 Å². The van der Waals surface area contributed by atoms with Crippen molar-refractivity contribution in [2.24, 2.45) is 5.73 Å². The van der Waals surface area contributed by atoms with Crippen LogP contribution in [0.4, 0.5) is 11.5 Å². The van der Waals surface area contributed by atoms with E-state index in [1.807, 2.05) is 42.5 Å². The molecule has 0 aliphatic heterocycles. The second-order valence-corrected chi connectivity index (χ2v) is 6.18. The van der Waals surface area contributed by atoms with Gasteiger partial charge in [0.05, 0.1) is 12.1 Å². The molecule has 0 aliphatic rings. The summed E-state index contributed by atoms with van der Waals surface area (Å²) in [7, 11) is 0. The quantitative estimate of drug-likeness (QED) is 0.404. The number of allylic oxidation sites excluding steroid dienone is 1. The number of nitrogens with zero attached hydrogens (tertiary/aromatic N) is 2. The molecule has 138 valence electrons. The van der Waals surface area contributed by atoms with Crippen molar-refractivity contribution in [2.75, 3.05) is 11.9 Å². The lowest BCUT2D eigenvalue weighted by Gasteiger charge is -2.11. The smallest absolute Gasteiger partial charge is 0.224 e. The topological polar surface area (TPSA) is 96.9 Å².